The van der Waals surface area contributed by atoms with Gasteiger partial charge in [-0.2, -0.15) is 0 Å². The summed E-state index contributed by atoms with van der Waals surface area (Å²) in [5.74, 6) is 0. The van der Waals surface area contributed by atoms with E-state index in [1.54, 1.807) is 0 Å². The summed E-state index contributed by atoms with van der Waals surface area (Å²) in [6, 6.07) is 22.4. The molecule has 0 bridgehead atoms. The molecule has 3 aromatic rings. The first-order valence-corrected chi connectivity index (χ1v) is 7.19. The number of rotatable bonds is 3. The Morgan fingerprint density at radius 2 is 1.52 bits per heavy atom. The highest BCUT2D eigenvalue weighted by Gasteiger charge is 2.08. The highest BCUT2D eigenvalue weighted by atomic mass is 14.7. The van der Waals surface area contributed by atoms with E-state index in [0.29, 0.717) is 0 Å². The third-order valence-corrected chi connectivity index (χ3v) is 3.59. The summed E-state index contributed by atoms with van der Waals surface area (Å²) in [7, 11) is 0. The van der Waals surface area contributed by atoms with Gasteiger partial charge in [0.15, 0.2) is 0 Å². The van der Waals surface area contributed by atoms with Crippen LogP contribution in [0.2, 0.25) is 0 Å². The number of hydrogen-bond donors (Lipinski definition) is 1. The molecule has 0 aliphatic heterocycles. The normalized spacial score (nSPS) is 10.5. The fourth-order valence-electron chi connectivity index (χ4n) is 2.52. The van der Waals surface area contributed by atoms with Crippen molar-refractivity contribution in [1.82, 2.24) is 4.98 Å². The predicted molar refractivity (Wildman–Crippen MR) is 88.9 cm³/mol. The second-order valence-corrected chi connectivity index (χ2v) is 5.05. The predicted octanol–water partition coefficient (Wildman–Crippen LogP) is 4.56. The zero-order valence-electron chi connectivity index (χ0n) is 12.1. The Morgan fingerprint density at radius 3 is 2.29 bits per heavy atom. The topological polar surface area (TPSA) is 38.9 Å². The summed E-state index contributed by atoms with van der Waals surface area (Å²) in [6.07, 6.45) is 0.979. The number of aryl methyl sites for hydroxylation is 1. The Kier molecular flexibility index (Phi) is 3.69. The van der Waals surface area contributed by atoms with Gasteiger partial charge in [-0.1, -0.05) is 61.5 Å². The quantitative estimate of drug-likeness (QED) is 0.760. The SMILES string of the molecule is CCc1ccccc1-c1cc(N)cc(-c2ccccc2)n1. The number of nitrogens with zero attached hydrogens (tertiary/aromatic N) is 1. The van der Waals surface area contributed by atoms with Crippen LogP contribution >= 0.6 is 0 Å². The minimum atomic E-state index is 0.741. The summed E-state index contributed by atoms with van der Waals surface area (Å²) >= 11 is 0. The molecule has 1 aromatic heterocycles. The summed E-state index contributed by atoms with van der Waals surface area (Å²) < 4.78 is 0. The van der Waals surface area contributed by atoms with Gasteiger partial charge in [0, 0.05) is 16.8 Å². The molecule has 0 amide bonds. The Morgan fingerprint density at radius 1 is 0.857 bits per heavy atom. The van der Waals surface area contributed by atoms with Gasteiger partial charge < -0.3 is 5.73 Å². The fourth-order valence-corrected chi connectivity index (χ4v) is 2.52. The zero-order valence-corrected chi connectivity index (χ0v) is 12.1. The van der Waals surface area contributed by atoms with Gasteiger partial charge in [-0.25, -0.2) is 4.98 Å². The monoisotopic (exact) mass is 274 g/mol. The number of nitrogen functional groups attached to an aromatic ring is 1. The fraction of sp³-hybridized carbons (Fsp3) is 0.105. The molecular weight excluding hydrogens is 256 g/mol. The molecule has 0 atom stereocenters. The van der Waals surface area contributed by atoms with Crippen LogP contribution in [0.3, 0.4) is 0 Å². The van der Waals surface area contributed by atoms with E-state index in [1.807, 2.05) is 36.4 Å². The van der Waals surface area contributed by atoms with Crippen molar-refractivity contribution in [3.63, 3.8) is 0 Å². The lowest BCUT2D eigenvalue weighted by molar-refractivity contribution is 1.13. The summed E-state index contributed by atoms with van der Waals surface area (Å²) in [5.41, 5.74) is 12.2. The van der Waals surface area contributed by atoms with Crippen molar-refractivity contribution in [2.75, 3.05) is 5.73 Å². The van der Waals surface area contributed by atoms with E-state index in [1.165, 1.54) is 5.56 Å². The van der Waals surface area contributed by atoms with Crippen LogP contribution in [0.25, 0.3) is 22.5 Å². The highest BCUT2D eigenvalue weighted by molar-refractivity contribution is 5.72. The Hall–Kier alpha value is -2.61. The third-order valence-electron chi connectivity index (χ3n) is 3.59. The largest absolute Gasteiger partial charge is 0.399 e. The maximum Gasteiger partial charge on any atom is 0.0732 e. The molecule has 0 fully saturated rings. The lowest BCUT2D eigenvalue weighted by atomic mass is 10.0. The summed E-state index contributed by atoms with van der Waals surface area (Å²) in [6.45, 7) is 2.16. The van der Waals surface area contributed by atoms with Crippen LogP contribution in [0.5, 0.6) is 0 Å². The molecular formula is C19H18N2. The van der Waals surface area contributed by atoms with Gasteiger partial charge in [0.2, 0.25) is 0 Å². The number of aromatic nitrogens is 1. The average molecular weight is 274 g/mol. The molecule has 21 heavy (non-hydrogen) atoms. The van der Waals surface area contributed by atoms with Crippen LogP contribution in [0.1, 0.15) is 12.5 Å². The second kappa shape index (κ2) is 5.80. The average Bonchev–Trinajstić information content (AvgIpc) is 2.55. The van der Waals surface area contributed by atoms with E-state index < -0.39 is 0 Å². The molecule has 0 saturated heterocycles. The lowest BCUT2D eigenvalue weighted by Crippen LogP contribution is -1.95. The lowest BCUT2D eigenvalue weighted by Gasteiger charge is -2.10. The molecule has 2 aromatic carbocycles. The number of pyridine rings is 1. The highest BCUT2D eigenvalue weighted by Crippen LogP contribution is 2.28. The van der Waals surface area contributed by atoms with E-state index in [-0.39, 0.29) is 0 Å². The first kappa shape index (κ1) is 13.4. The van der Waals surface area contributed by atoms with E-state index in [9.17, 15) is 0 Å². The van der Waals surface area contributed by atoms with Gasteiger partial charge in [-0.05, 0) is 24.1 Å². The van der Waals surface area contributed by atoms with Crippen molar-refractivity contribution >= 4 is 5.69 Å². The molecule has 3 rings (SSSR count). The van der Waals surface area contributed by atoms with Gasteiger partial charge in [-0.3, -0.25) is 0 Å². The Bertz CT molecular complexity index is 749. The van der Waals surface area contributed by atoms with Crippen molar-refractivity contribution < 1.29 is 0 Å². The van der Waals surface area contributed by atoms with Crippen LogP contribution in [0, 0.1) is 0 Å². The van der Waals surface area contributed by atoms with E-state index in [0.717, 1.165) is 34.6 Å². The summed E-state index contributed by atoms with van der Waals surface area (Å²) in [4.78, 5) is 4.80. The van der Waals surface area contributed by atoms with Crippen molar-refractivity contribution in [3.05, 3.63) is 72.3 Å². The van der Waals surface area contributed by atoms with E-state index in [4.69, 9.17) is 10.7 Å². The van der Waals surface area contributed by atoms with Crippen molar-refractivity contribution in [3.8, 4) is 22.5 Å². The van der Waals surface area contributed by atoms with Crippen LogP contribution in [-0.2, 0) is 6.42 Å². The van der Waals surface area contributed by atoms with Crippen molar-refractivity contribution in [2.24, 2.45) is 0 Å². The first-order valence-electron chi connectivity index (χ1n) is 7.19. The molecule has 104 valence electrons. The first-order chi connectivity index (χ1) is 10.3. The van der Waals surface area contributed by atoms with Crippen molar-refractivity contribution in [2.45, 2.75) is 13.3 Å². The minimum Gasteiger partial charge on any atom is -0.399 e. The number of hydrogen-bond acceptors (Lipinski definition) is 2. The van der Waals surface area contributed by atoms with Crippen LogP contribution in [-0.4, -0.2) is 4.98 Å². The maximum atomic E-state index is 6.09. The third kappa shape index (κ3) is 2.79. The molecule has 2 heteroatoms. The second-order valence-electron chi connectivity index (χ2n) is 5.05. The molecule has 2 nitrogen and oxygen atoms in total. The molecule has 0 unspecified atom stereocenters. The molecule has 0 aliphatic rings. The summed E-state index contributed by atoms with van der Waals surface area (Å²) in [5, 5.41) is 0. The van der Waals surface area contributed by atoms with E-state index >= 15 is 0 Å². The Balaban J connectivity index is 2.14. The molecule has 0 radical (unpaired) electrons. The van der Waals surface area contributed by atoms with Crippen LogP contribution in [0.4, 0.5) is 5.69 Å². The van der Waals surface area contributed by atoms with Gasteiger partial charge in [-0.15, -0.1) is 0 Å². The standard InChI is InChI=1S/C19H18N2/c1-2-14-8-6-7-11-17(14)19-13-16(20)12-18(21-19)15-9-4-3-5-10-15/h3-13H,2H2,1H3,(H2,20,21). The molecule has 1 heterocycles. The van der Waals surface area contributed by atoms with E-state index in [2.05, 4.69) is 37.3 Å². The molecule has 2 N–H and O–H groups in total. The smallest absolute Gasteiger partial charge is 0.0732 e. The number of benzene rings is 2. The van der Waals surface area contributed by atoms with Crippen LogP contribution < -0.4 is 5.73 Å². The number of anilines is 1. The maximum absolute atomic E-state index is 6.09. The minimum absolute atomic E-state index is 0.741. The van der Waals surface area contributed by atoms with Crippen molar-refractivity contribution in [1.29, 1.82) is 0 Å². The molecule has 0 aliphatic carbocycles. The van der Waals surface area contributed by atoms with Gasteiger partial charge in [0.1, 0.15) is 0 Å². The molecule has 0 saturated carbocycles. The van der Waals surface area contributed by atoms with Gasteiger partial charge >= 0.3 is 0 Å². The molecule has 0 spiro atoms. The Labute approximate surface area is 125 Å². The number of nitrogens with two attached hydrogens (primary N) is 1. The zero-order chi connectivity index (χ0) is 14.7. The van der Waals surface area contributed by atoms with Gasteiger partial charge in [0.05, 0.1) is 11.4 Å². The van der Waals surface area contributed by atoms with Gasteiger partial charge in [0.25, 0.3) is 0 Å². The van der Waals surface area contributed by atoms with Crippen LogP contribution in [0.15, 0.2) is 66.7 Å².